The van der Waals surface area contributed by atoms with Crippen LogP contribution in [0.25, 0.3) is 11.1 Å². The molecule has 1 aromatic heterocycles. The van der Waals surface area contributed by atoms with Crippen LogP contribution in [0.2, 0.25) is 0 Å². The Labute approximate surface area is 203 Å². The van der Waals surface area contributed by atoms with Crippen molar-refractivity contribution in [1.29, 1.82) is 10.5 Å². The van der Waals surface area contributed by atoms with Gasteiger partial charge in [0.25, 0.3) is 0 Å². The summed E-state index contributed by atoms with van der Waals surface area (Å²) in [5.74, 6) is 0.319. The summed E-state index contributed by atoms with van der Waals surface area (Å²) in [5.41, 5.74) is 9.29. The summed E-state index contributed by atoms with van der Waals surface area (Å²) in [6.45, 7) is 6.11. The number of hydrogen-bond acceptors (Lipinski definition) is 7. The number of nitrogens with zero attached hydrogens (tertiary/aromatic N) is 3. The van der Waals surface area contributed by atoms with E-state index in [-0.39, 0.29) is 22.9 Å². The molecule has 0 spiro atoms. The fourth-order valence-corrected chi connectivity index (χ4v) is 4.30. The Morgan fingerprint density at radius 1 is 1.12 bits per heavy atom. The number of benzene rings is 2. The molecule has 1 atom stereocenters. The molecule has 0 radical (unpaired) electrons. The number of thioether (sulfide) groups is 1. The Kier molecular flexibility index (Phi) is 8.13. The Balaban J connectivity index is 1.95. The van der Waals surface area contributed by atoms with Crippen molar-refractivity contribution in [1.82, 2.24) is 4.98 Å². The smallest absolute Gasteiger partial charge is 0.237 e. The lowest BCUT2D eigenvalue weighted by molar-refractivity contribution is -0.115. The summed E-state index contributed by atoms with van der Waals surface area (Å²) in [6, 6.07) is 19.1. The lowest BCUT2D eigenvalue weighted by Gasteiger charge is -2.17. The number of rotatable bonds is 8. The normalized spacial score (nSPS) is 11.2. The minimum absolute atomic E-state index is 0.0212. The van der Waals surface area contributed by atoms with Gasteiger partial charge in [-0.05, 0) is 43.5 Å². The number of pyridine rings is 1. The molecule has 0 aliphatic rings. The number of para-hydroxylation sites is 2. The number of amides is 1. The second-order valence-electron chi connectivity index (χ2n) is 7.38. The zero-order valence-corrected chi connectivity index (χ0v) is 20.1. The SMILES string of the molecule is CCOc1ccccc1NC(=O)C(C)Sc1nc(N)c(C#N)c(-c2ccc(CC)cc2)c1C#N. The van der Waals surface area contributed by atoms with Crippen molar-refractivity contribution in [2.75, 3.05) is 17.7 Å². The maximum atomic E-state index is 12.9. The molecule has 8 heteroatoms. The monoisotopic (exact) mass is 471 g/mol. The molecule has 0 fully saturated rings. The van der Waals surface area contributed by atoms with Gasteiger partial charge in [0, 0.05) is 5.56 Å². The zero-order valence-electron chi connectivity index (χ0n) is 19.3. The first kappa shape index (κ1) is 24.6. The molecule has 0 bridgehead atoms. The minimum Gasteiger partial charge on any atom is -0.492 e. The van der Waals surface area contributed by atoms with E-state index in [4.69, 9.17) is 10.5 Å². The maximum absolute atomic E-state index is 12.9. The molecular weight excluding hydrogens is 446 g/mol. The van der Waals surface area contributed by atoms with Gasteiger partial charge in [0.15, 0.2) is 0 Å². The average molecular weight is 472 g/mol. The van der Waals surface area contributed by atoms with E-state index in [0.29, 0.717) is 34.2 Å². The molecule has 0 saturated heterocycles. The number of nitrogen functional groups attached to an aromatic ring is 1. The van der Waals surface area contributed by atoms with Crippen LogP contribution >= 0.6 is 11.8 Å². The molecule has 172 valence electrons. The van der Waals surface area contributed by atoms with Gasteiger partial charge in [-0.15, -0.1) is 0 Å². The molecule has 3 rings (SSSR count). The highest BCUT2D eigenvalue weighted by atomic mass is 32.2. The Morgan fingerprint density at radius 2 is 1.79 bits per heavy atom. The molecule has 0 aliphatic carbocycles. The highest BCUT2D eigenvalue weighted by molar-refractivity contribution is 8.00. The molecule has 2 aromatic carbocycles. The third kappa shape index (κ3) is 5.31. The number of carbonyl (C=O) groups excluding carboxylic acids is 1. The van der Waals surface area contributed by atoms with E-state index in [1.165, 1.54) is 0 Å². The van der Waals surface area contributed by atoms with Crippen LogP contribution in [0.1, 0.15) is 37.5 Å². The van der Waals surface area contributed by atoms with Gasteiger partial charge in [0.1, 0.15) is 34.3 Å². The first-order valence-corrected chi connectivity index (χ1v) is 11.7. The van der Waals surface area contributed by atoms with Crippen molar-refractivity contribution in [2.24, 2.45) is 0 Å². The van der Waals surface area contributed by atoms with Gasteiger partial charge in [0.2, 0.25) is 5.91 Å². The quantitative estimate of drug-likeness (QED) is 0.435. The number of nitriles is 2. The van der Waals surface area contributed by atoms with Crippen molar-refractivity contribution in [3.05, 3.63) is 65.2 Å². The molecule has 1 amide bonds. The van der Waals surface area contributed by atoms with E-state index in [9.17, 15) is 15.3 Å². The predicted octanol–water partition coefficient (Wildman–Crippen LogP) is 5.15. The van der Waals surface area contributed by atoms with Crippen molar-refractivity contribution in [3.63, 3.8) is 0 Å². The number of anilines is 2. The highest BCUT2D eigenvalue weighted by Gasteiger charge is 2.24. The van der Waals surface area contributed by atoms with Crippen molar-refractivity contribution in [3.8, 4) is 29.0 Å². The number of hydrogen-bond donors (Lipinski definition) is 2. The number of aromatic nitrogens is 1. The molecule has 7 nitrogen and oxygen atoms in total. The number of nitrogens with two attached hydrogens (primary N) is 1. The summed E-state index contributed by atoms with van der Waals surface area (Å²) in [5, 5.41) is 22.3. The van der Waals surface area contributed by atoms with Gasteiger partial charge in [-0.1, -0.05) is 55.1 Å². The van der Waals surface area contributed by atoms with Gasteiger partial charge in [-0.3, -0.25) is 4.79 Å². The number of aryl methyl sites for hydroxylation is 1. The highest BCUT2D eigenvalue weighted by Crippen LogP contribution is 2.37. The van der Waals surface area contributed by atoms with E-state index >= 15 is 0 Å². The van der Waals surface area contributed by atoms with Gasteiger partial charge in [0.05, 0.1) is 23.1 Å². The number of ether oxygens (including phenoxy) is 1. The lowest BCUT2D eigenvalue weighted by atomic mass is 9.96. The second kappa shape index (κ2) is 11.2. The van der Waals surface area contributed by atoms with Crippen LogP contribution < -0.4 is 15.8 Å². The van der Waals surface area contributed by atoms with Gasteiger partial charge < -0.3 is 15.8 Å². The van der Waals surface area contributed by atoms with Crippen LogP contribution in [-0.4, -0.2) is 22.7 Å². The number of carbonyl (C=O) groups is 1. The maximum Gasteiger partial charge on any atom is 0.237 e. The van der Waals surface area contributed by atoms with Crippen molar-refractivity contribution < 1.29 is 9.53 Å². The van der Waals surface area contributed by atoms with Crippen LogP contribution in [0, 0.1) is 22.7 Å². The third-order valence-electron chi connectivity index (χ3n) is 5.17. The molecule has 0 saturated carbocycles. The van der Waals surface area contributed by atoms with E-state index in [1.54, 1.807) is 19.1 Å². The molecular formula is C26H25N5O2S. The van der Waals surface area contributed by atoms with Crippen LogP contribution in [-0.2, 0) is 11.2 Å². The topological polar surface area (TPSA) is 125 Å². The van der Waals surface area contributed by atoms with Crippen LogP contribution in [0.3, 0.4) is 0 Å². The average Bonchev–Trinajstić information content (AvgIpc) is 2.85. The molecule has 1 heterocycles. The molecule has 0 aliphatic heterocycles. The molecule has 1 unspecified atom stereocenters. The van der Waals surface area contributed by atoms with E-state index < -0.39 is 5.25 Å². The zero-order chi connectivity index (χ0) is 24.7. The van der Waals surface area contributed by atoms with Crippen LogP contribution in [0.4, 0.5) is 11.5 Å². The van der Waals surface area contributed by atoms with Crippen molar-refractivity contribution in [2.45, 2.75) is 37.5 Å². The summed E-state index contributed by atoms with van der Waals surface area (Å²) in [4.78, 5) is 17.2. The fraction of sp³-hybridized carbons (Fsp3) is 0.231. The van der Waals surface area contributed by atoms with Crippen molar-refractivity contribution >= 4 is 29.2 Å². The second-order valence-corrected chi connectivity index (χ2v) is 8.71. The third-order valence-corrected chi connectivity index (χ3v) is 6.26. The first-order chi connectivity index (χ1) is 16.4. The predicted molar refractivity (Wildman–Crippen MR) is 134 cm³/mol. The van der Waals surface area contributed by atoms with Gasteiger partial charge >= 0.3 is 0 Å². The summed E-state index contributed by atoms with van der Waals surface area (Å²) in [6.07, 6.45) is 0.870. The Bertz CT molecular complexity index is 1280. The molecule has 34 heavy (non-hydrogen) atoms. The largest absolute Gasteiger partial charge is 0.492 e. The molecule has 3 aromatic rings. The molecule has 3 N–H and O–H groups in total. The van der Waals surface area contributed by atoms with E-state index in [1.807, 2.05) is 43.3 Å². The van der Waals surface area contributed by atoms with Gasteiger partial charge in [-0.2, -0.15) is 10.5 Å². The van der Waals surface area contributed by atoms with E-state index in [2.05, 4.69) is 29.4 Å². The van der Waals surface area contributed by atoms with Gasteiger partial charge in [-0.25, -0.2) is 4.98 Å². The standard InChI is InChI=1S/C26H25N5O2S/c1-4-17-10-12-18(13-11-17)23-19(14-27)24(29)31-26(20(23)15-28)34-16(3)25(32)30-21-8-6-7-9-22(21)33-5-2/h6-13,16H,4-5H2,1-3H3,(H2,29,31)(H,30,32). The number of nitrogens with one attached hydrogen (secondary N) is 1. The Morgan fingerprint density at radius 3 is 2.41 bits per heavy atom. The van der Waals surface area contributed by atoms with E-state index in [0.717, 1.165) is 23.7 Å². The van der Waals surface area contributed by atoms with Crippen LogP contribution in [0.15, 0.2) is 53.6 Å². The summed E-state index contributed by atoms with van der Waals surface area (Å²) in [7, 11) is 0. The summed E-state index contributed by atoms with van der Waals surface area (Å²) < 4.78 is 5.57. The fourth-order valence-electron chi connectivity index (χ4n) is 3.39. The summed E-state index contributed by atoms with van der Waals surface area (Å²) >= 11 is 1.12. The lowest BCUT2D eigenvalue weighted by Crippen LogP contribution is -2.23. The van der Waals surface area contributed by atoms with Crippen LogP contribution in [0.5, 0.6) is 5.75 Å². The Hall–Kier alpha value is -4.01. The minimum atomic E-state index is -0.600. The first-order valence-electron chi connectivity index (χ1n) is 10.9.